The van der Waals surface area contributed by atoms with Crippen molar-refractivity contribution in [3.05, 3.63) is 64.1 Å². The third kappa shape index (κ3) is 2.11. The SMILES string of the molecule is Brc1ccc2c(c1)C=NC(c1ccccc1)N2. The van der Waals surface area contributed by atoms with E-state index in [2.05, 4.69) is 50.5 Å². The van der Waals surface area contributed by atoms with E-state index in [0.29, 0.717) is 0 Å². The molecule has 0 aliphatic carbocycles. The summed E-state index contributed by atoms with van der Waals surface area (Å²) in [6, 6.07) is 16.4. The fourth-order valence-electron chi connectivity index (χ4n) is 1.92. The first-order chi connectivity index (χ1) is 8.33. The highest BCUT2D eigenvalue weighted by Crippen LogP contribution is 2.28. The van der Waals surface area contributed by atoms with Crippen molar-refractivity contribution in [1.29, 1.82) is 0 Å². The molecule has 1 atom stereocenters. The average Bonchev–Trinajstić information content (AvgIpc) is 2.39. The third-order valence-corrected chi connectivity index (χ3v) is 3.28. The van der Waals surface area contributed by atoms with Gasteiger partial charge in [-0.3, -0.25) is 4.99 Å². The maximum Gasteiger partial charge on any atom is 0.144 e. The number of anilines is 1. The second-order valence-electron chi connectivity index (χ2n) is 3.97. The second kappa shape index (κ2) is 4.34. The van der Waals surface area contributed by atoms with Gasteiger partial charge in [0.15, 0.2) is 0 Å². The zero-order chi connectivity index (χ0) is 11.7. The lowest BCUT2D eigenvalue weighted by Gasteiger charge is -2.22. The van der Waals surface area contributed by atoms with Crippen LogP contribution in [0.15, 0.2) is 58.0 Å². The van der Waals surface area contributed by atoms with Crippen molar-refractivity contribution < 1.29 is 0 Å². The summed E-state index contributed by atoms with van der Waals surface area (Å²) in [6.07, 6.45) is 1.94. The van der Waals surface area contributed by atoms with Crippen LogP contribution in [-0.2, 0) is 0 Å². The molecule has 0 aromatic heterocycles. The average molecular weight is 287 g/mol. The summed E-state index contributed by atoms with van der Waals surface area (Å²) >= 11 is 3.46. The van der Waals surface area contributed by atoms with Crippen LogP contribution in [-0.4, -0.2) is 6.21 Å². The van der Waals surface area contributed by atoms with E-state index in [1.54, 1.807) is 0 Å². The van der Waals surface area contributed by atoms with Crippen molar-refractivity contribution in [3.63, 3.8) is 0 Å². The van der Waals surface area contributed by atoms with E-state index in [9.17, 15) is 0 Å². The normalized spacial score (nSPS) is 17.4. The minimum atomic E-state index is 0.0184. The predicted octanol–water partition coefficient (Wildman–Crippen LogP) is 3.99. The van der Waals surface area contributed by atoms with Gasteiger partial charge in [-0.05, 0) is 23.8 Å². The highest BCUT2D eigenvalue weighted by atomic mass is 79.9. The van der Waals surface area contributed by atoms with Gasteiger partial charge in [-0.15, -0.1) is 0 Å². The molecule has 0 spiro atoms. The molecule has 2 aromatic carbocycles. The minimum Gasteiger partial charge on any atom is -0.360 e. The number of hydrogen-bond acceptors (Lipinski definition) is 2. The Morgan fingerprint density at radius 1 is 1.06 bits per heavy atom. The Bertz CT molecular complexity index is 564. The third-order valence-electron chi connectivity index (χ3n) is 2.78. The Morgan fingerprint density at radius 3 is 2.71 bits per heavy atom. The molecule has 1 N–H and O–H groups in total. The molecule has 0 amide bonds. The first-order valence-corrected chi connectivity index (χ1v) is 6.26. The number of nitrogens with one attached hydrogen (secondary N) is 1. The molecule has 17 heavy (non-hydrogen) atoms. The van der Waals surface area contributed by atoms with Crippen LogP contribution in [0, 0.1) is 0 Å². The summed E-state index contributed by atoms with van der Waals surface area (Å²) in [6.45, 7) is 0. The minimum absolute atomic E-state index is 0.0184. The Labute approximate surface area is 109 Å². The van der Waals surface area contributed by atoms with Crippen molar-refractivity contribution >= 4 is 27.8 Å². The van der Waals surface area contributed by atoms with Gasteiger partial charge < -0.3 is 5.32 Å². The van der Waals surface area contributed by atoms with Crippen LogP contribution in [0.25, 0.3) is 0 Å². The van der Waals surface area contributed by atoms with E-state index in [4.69, 9.17) is 0 Å². The molecule has 1 unspecified atom stereocenters. The fourth-order valence-corrected chi connectivity index (χ4v) is 2.29. The van der Waals surface area contributed by atoms with Gasteiger partial charge in [-0.1, -0.05) is 46.3 Å². The molecule has 1 heterocycles. The maximum absolute atomic E-state index is 4.53. The molecule has 0 radical (unpaired) electrons. The number of aliphatic imine (C=N–C) groups is 1. The van der Waals surface area contributed by atoms with E-state index in [1.165, 1.54) is 5.56 Å². The van der Waals surface area contributed by atoms with Crippen molar-refractivity contribution in [2.45, 2.75) is 6.17 Å². The van der Waals surface area contributed by atoms with Crippen LogP contribution in [0.2, 0.25) is 0 Å². The molecule has 1 aliphatic heterocycles. The quantitative estimate of drug-likeness (QED) is 0.842. The van der Waals surface area contributed by atoms with Crippen LogP contribution in [0.5, 0.6) is 0 Å². The number of halogens is 1. The molecule has 3 rings (SSSR count). The summed E-state index contributed by atoms with van der Waals surface area (Å²) < 4.78 is 1.07. The van der Waals surface area contributed by atoms with Crippen molar-refractivity contribution in [2.24, 2.45) is 4.99 Å². The molecule has 0 saturated heterocycles. The number of hydrogen-bond donors (Lipinski definition) is 1. The van der Waals surface area contributed by atoms with Crippen molar-refractivity contribution in [3.8, 4) is 0 Å². The predicted molar refractivity (Wildman–Crippen MR) is 74.5 cm³/mol. The van der Waals surface area contributed by atoms with Gasteiger partial charge in [0, 0.05) is 21.9 Å². The molecular formula is C14H11BrN2. The summed E-state index contributed by atoms with van der Waals surface area (Å²) in [5, 5.41) is 3.42. The van der Waals surface area contributed by atoms with Crippen LogP contribution in [0.1, 0.15) is 17.3 Å². The fraction of sp³-hybridized carbons (Fsp3) is 0.0714. The summed E-state index contributed by atoms with van der Waals surface area (Å²) in [5.41, 5.74) is 3.42. The van der Waals surface area contributed by atoms with Gasteiger partial charge in [0.05, 0.1) is 0 Å². The monoisotopic (exact) mass is 286 g/mol. The number of benzene rings is 2. The number of nitrogens with zero attached hydrogens (tertiary/aromatic N) is 1. The summed E-state index contributed by atoms with van der Waals surface area (Å²) in [7, 11) is 0. The number of fused-ring (bicyclic) bond motifs is 1. The molecule has 0 fully saturated rings. The highest BCUT2D eigenvalue weighted by molar-refractivity contribution is 9.10. The molecule has 84 valence electrons. The van der Waals surface area contributed by atoms with Gasteiger partial charge in [-0.2, -0.15) is 0 Å². The highest BCUT2D eigenvalue weighted by Gasteiger charge is 2.14. The smallest absolute Gasteiger partial charge is 0.144 e. The van der Waals surface area contributed by atoms with Gasteiger partial charge in [-0.25, -0.2) is 0 Å². The Hall–Kier alpha value is -1.61. The van der Waals surface area contributed by atoms with Gasteiger partial charge in [0.1, 0.15) is 6.17 Å². The lowest BCUT2D eigenvalue weighted by Crippen LogP contribution is -2.14. The van der Waals surface area contributed by atoms with E-state index < -0.39 is 0 Å². The molecule has 1 aliphatic rings. The largest absolute Gasteiger partial charge is 0.360 e. The molecule has 2 nitrogen and oxygen atoms in total. The molecule has 2 aromatic rings. The lowest BCUT2D eigenvalue weighted by molar-refractivity contribution is 0.834. The Kier molecular flexibility index (Phi) is 2.69. The summed E-state index contributed by atoms with van der Waals surface area (Å²) in [5.74, 6) is 0. The van der Waals surface area contributed by atoms with Crippen molar-refractivity contribution in [2.75, 3.05) is 5.32 Å². The lowest BCUT2D eigenvalue weighted by atomic mass is 10.1. The number of rotatable bonds is 1. The van der Waals surface area contributed by atoms with E-state index in [0.717, 1.165) is 15.7 Å². The zero-order valence-corrected chi connectivity index (χ0v) is 10.7. The van der Waals surface area contributed by atoms with Gasteiger partial charge in [0.2, 0.25) is 0 Å². The van der Waals surface area contributed by atoms with Crippen LogP contribution >= 0.6 is 15.9 Å². The van der Waals surface area contributed by atoms with Gasteiger partial charge in [0.25, 0.3) is 0 Å². The summed E-state index contributed by atoms with van der Waals surface area (Å²) in [4.78, 5) is 4.53. The zero-order valence-electron chi connectivity index (χ0n) is 9.10. The van der Waals surface area contributed by atoms with Crippen LogP contribution in [0.4, 0.5) is 5.69 Å². The topological polar surface area (TPSA) is 24.4 Å². The first-order valence-electron chi connectivity index (χ1n) is 5.47. The molecule has 3 heteroatoms. The standard InChI is InChI=1S/C14H11BrN2/c15-12-6-7-13-11(8-12)9-16-14(17-13)10-4-2-1-3-5-10/h1-9,14,17H. The van der Waals surface area contributed by atoms with Crippen molar-refractivity contribution in [1.82, 2.24) is 0 Å². The maximum atomic E-state index is 4.53. The first kappa shape index (κ1) is 10.5. The Morgan fingerprint density at radius 2 is 1.88 bits per heavy atom. The molecule has 0 bridgehead atoms. The van der Waals surface area contributed by atoms with Crippen LogP contribution < -0.4 is 5.32 Å². The van der Waals surface area contributed by atoms with Crippen LogP contribution in [0.3, 0.4) is 0 Å². The Balaban J connectivity index is 1.94. The molecular weight excluding hydrogens is 276 g/mol. The van der Waals surface area contributed by atoms with E-state index in [1.807, 2.05) is 30.5 Å². The second-order valence-corrected chi connectivity index (χ2v) is 4.88. The molecule has 0 saturated carbocycles. The van der Waals surface area contributed by atoms with Gasteiger partial charge >= 0.3 is 0 Å². The van der Waals surface area contributed by atoms with E-state index >= 15 is 0 Å². The van der Waals surface area contributed by atoms with E-state index in [-0.39, 0.29) is 6.17 Å².